The van der Waals surface area contributed by atoms with Gasteiger partial charge in [-0.3, -0.25) is 9.69 Å². The van der Waals surface area contributed by atoms with E-state index >= 15 is 0 Å². The summed E-state index contributed by atoms with van der Waals surface area (Å²) in [7, 11) is 0. The molecule has 0 spiro atoms. The van der Waals surface area contributed by atoms with E-state index in [0.29, 0.717) is 40.9 Å². The van der Waals surface area contributed by atoms with Crippen LogP contribution in [0, 0.1) is 0 Å². The first-order valence-corrected chi connectivity index (χ1v) is 9.56. The fourth-order valence-electron chi connectivity index (χ4n) is 3.72. The van der Waals surface area contributed by atoms with Gasteiger partial charge in [-0.25, -0.2) is 4.98 Å². The maximum atomic E-state index is 13.1. The smallest absolute Gasteiger partial charge is 0.260 e. The fraction of sp³-hybridized carbons (Fsp3) is 0.333. The Balaban J connectivity index is 1.48. The molecule has 0 saturated heterocycles. The average molecular weight is 391 g/mol. The zero-order chi connectivity index (χ0) is 20.3. The zero-order valence-electron chi connectivity index (χ0n) is 16.7. The van der Waals surface area contributed by atoms with E-state index in [1.807, 2.05) is 42.7 Å². The van der Waals surface area contributed by atoms with Gasteiger partial charge in [0.2, 0.25) is 5.79 Å². The largest absolute Gasteiger partial charge is 0.449 e. The van der Waals surface area contributed by atoms with E-state index in [1.54, 1.807) is 17.3 Å². The summed E-state index contributed by atoms with van der Waals surface area (Å²) >= 11 is 0. The van der Waals surface area contributed by atoms with Gasteiger partial charge in [0, 0.05) is 25.5 Å². The Labute approximate surface area is 168 Å². The molecule has 0 aliphatic carbocycles. The molecule has 148 valence electrons. The highest BCUT2D eigenvalue weighted by molar-refractivity contribution is 6.10. The van der Waals surface area contributed by atoms with Crippen LogP contribution >= 0.6 is 0 Å². The van der Waals surface area contributed by atoms with Gasteiger partial charge in [0.1, 0.15) is 17.8 Å². The molecule has 0 atom stereocenters. The standard InChI is InChI=1S/C21H21N5O3/c1-12(2)26-11-22-24-19(26)15-6-5-7-18(23-15)25-10-13-8-16-17(9-14(13)20(25)27)29-21(3,4)28-16/h5-9,11-12H,10H2,1-4H3. The summed E-state index contributed by atoms with van der Waals surface area (Å²) in [6.07, 6.45) is 1.69. The van der Waals surface area contributed by atoms with Crippen molar-refractivity contribution in [3.63, 3.8) is 0 Å². The molecule has 2 aliphatic heterocycles. The fourth-order valence-corrected chi connectivity index (χ4v) is 3.72. The van der Waals surface area contributed by atoms with Crippen LogP contribution in [0.3, 0.4) is 0 Å². The van der Waals surface area contributed by atoms with Crippen LogP contribution in [0.4, 0.5) is 5.82 Å². The average Bonchev–Trinajstić information content (AvgIpc) is 3.35. The number of amides is 1. The van der Waals surface area contributed by atoms with Crippen LogP contribution in [0.15, 0.2) is 36.7 Å². The number of aromatic nitrogens is 4. The van der Waals surface area contributed by atoms with Gasteiger partial charge >= 0.3 is 0 Å². The van der Waals surface area contributed by atoms with Crippen molar-refractivity contribution in [1.82, 2.24) is 19.7 Å². The van der Waals surface area contributed by atoms with E-state index in [-0.39, 0.29) is 11.9 Å². The number of carbonyl (C=O) groups is 1. The first-order valence-electron chi connectivity index (χ1n) is 9.56. The molecule has 2 aliphatic rings. The molecule has 1 amide bonds. The van der Waals surface area contributed by atoms with Crippen LogP contribution in [-0.4, -0.2) is 31.4 Å². The van der Waals surface area contributed by atoms with Crippen molar-refractivity contribution >= 4 is 11.7 Å². The maximum absolute atomic E-state index is 13.1. The molecule has 8 nitrogen and oxygen atoms in total. The van der Waals surface area contributed by atoms with Crippen LogP contribution < -0.4 is 14.4 Å². The quantitative estimate of drug-likeness (QED) is 0.679. The van der Waals surface area contributed by atoms with Crippen molar-refractivity contribution in [2.24, 2.45) is 0 Å². The van der Waals surface area contributed by atoms with Crippen molar-refractivity contribution < 1.29 is 14.3 Å². The van der Waals surface area contributed by atoms with Gasteiger partial charge in [-0.15, -0.1) is 10.2 Å². The summed E-state index contributed by atoms with van der Waals surface area (Å²) in [5, 5.41) is 8.21. The summed E-state index contributed by atoms with van der Waals surface area (Å²) in [6, 6.07) is 9.43. The maximum Gasteiger partial charge on any atom is 0.260 e. The van der Waals surface area contributed by atoms with E-state index in [2.05, 4.69) is 24.0 Å². The van der Waals surface area contributed by atoms with E-state index in [0.717, 1.165) is 5.56 Å². The van der Waals surface area contributed by atoms with Crippen LogP contribution in [0.2, 0.25) is 0 Å². The molecule has 2 aromatic heterocycles. The van der Waals surface area contributed by atoms with Crippen LogP contribution in [0.25, 0.3) is 11.5 Å². The van der Waals surface area contributed by atoms with Gasteiger partial charge in [0.05, 0.1) is 6.54 Å². The molecule has 8 heteroatoms. The normalized spacial score (nSPS) is 16.6. The highest BCUT2D eigenvalue weighted by Gasteiger charge is 2.37. The number of pyridine rings is 1. The molecule has 0 fully saturated rings. The molecule has 0 bridgehead atoms. The van der Waals surface area contributed by atoms with Crippen molar-refractivity contribution in [1.29, 1.82) is 0 Å². The lowest BCUT2D eigenvalue weighted by atomic mass is 10.1. The van der Waals surface area contributed by atoms with Gasteiger partial charge < -0.3 is 14.0 Å². The molecule has 3 aromatic rings. The Hall–Kier alpha value is -3.42. The Kier molecular flexibility index (Phi) is 3.68. The number of benzene rings is 1. The van der Waals surface area contributed by atoms with Gasteiger partial charge in [-0.05, 0) is 43.7 Å². The molecule has 0 saturated carbocycles. The van der Waals surface area contributed by atoms with Crippen molar-refractivity contribution in [2.45, 2.75) is 46.1 Å². The zero-order valence-corrected chi connectivity index (χ0v) is 16.7. The van der Waals surface area contributed by atoms with E-state index in [4.69, 9.17) is 14.5 Å². The van der Waals surface area contributed by atoms with Crippen LogP contribution in [0.1, 0.15) is 49.7 Å². The van der Waals surface area contributed by atoms with E-state index in [1.165, 1.54) is 0 Å². The lowest BCUT2D eigenvalue weighted by Gasteiger charge is -2.17. The number of hydrogen-bond donors (Lipinski definition) is 0. The first-order chi connectivity index (χ1) is 13.8. The highest BCUT2D eigenvalue weighted by Crippen LogP contribution is 2.43. The minimum Gasteiger partial charge on any atom is -0.449 e. The topological polar surface area (TPSA) is 82.4 Å². The summed E-state index contributed by atoms with van der Waals surface area (Å²) < 4.78 is 13.6. The second kappa shape index (κ2) is 6.04. The summed E-state index contributed by atoms with van der Waals surface area (Å²) in [4.78, 5) is 19.4. The number of ether oxygens (including phenoxy) is 2. The van der Waals surface area contributed by atoms with E-state index < -0.39 is 5.79 Å². The molecule has 0 unspecified atom stereocenters. The first kappa shape index (κ1) is 17.7. The second-order valence-electron chi connectivity index (χ2n) is 7.99. The van der Waals surface area contributed by atoms with Gasteiger partial charge in [-0.2, -0.15) is 0 Å². The minimum absolute atomic E-state index is 0.105. The molecule has 4 heterocycles. The lowest BCUT2D eigenvalue weighted by Crippen LogP contribution is -2.29. The molecule has 29 heavy (non-hydrogen) atoms. The SMILES string of the molecule is CC(C)n1cnnc1-c1cccc(N2Cc3cc4c(cc3C2=O)OC(C)(C)O4)n1. The van der Waals surface area contributed by atoms with Crippen LogP contribution in [-0.2, 0) is 6.54 Å². The predicted molar refractivity (Wildman–Crippen MR) is 106 cm³/mol. The molecular formula is C21H21N5O3. The number of hydrogen-bond acceptors (Lipinski definition) is 6. The third-order valence-corrected chi connectivity index (χ3v) is 5.05. The monoisotopic (exact) mass is 391 g/mol. The summed E-state index contributed by atoms with van der Waals surface area (Å²) in [6.45, 7) is 8.23. The predicted octanol–water partition coefficient (Wildman–Crippen LogP) is 3.59. The molecular weight excluding hydrogens is 370 g/mol. The van der Waals surface area contributed by atoms with Gasteiger partial charge in [0.15, 0.2) is 17.3 Å². The van der Waals surface area contributed by atoms with Crippen molar-refractivity contribution in [3.8, 4) is 23.0 Å². The second-order valence-corrected chi connectivity index (χ2v) is 7.99. The third kappa shape index (κ3) is 2.83. The number of anilines is 1. The van der Waals surface area contributed by atoms with Crippen LogP contribution in [0.5, 0.6) is 11.5 Å². The lowest BCUT2D eigenvalue weighted by molar-refractivity contribution is -0.0431. The number of nitrogens with zero attached hydrogens (tertiary/aromatic N) is 5. The molecule has 5 rings (SSSR count). The Bertz CT molecular complexity index is 1140. The van der Waals surface area contributed by atoms with Gasteiger partial charge in [-0.1, -0.05) is 6.07 Å². The minimum atomic E-state index is -0.720. The molecule has 0 N–H and O–H groups in total. The van der Waals surface area contributed by atoms with Gasteiger partial charge in [0.25, 0.3) is 5.91 Å². The molecule has 0 radical (unpaired) electrons. The number of carbonyl (C=O) groups excluding carboxylic acids is 1. The Morgan fingerprint density at radius 3 is 2.66 bits per heavy atom. The summed E-state index contributed by atoms with van der Waals surface area (Å²) in [5.41, 5.74) is 2.18. The highest BCUT2D eigenvalue weighted by atomic mass is 16.7. The summed E-state index contributed by atoms with van der Waals surface area (Å²) in [5.74, 6) is 1.68. The Morgan fingerprint density at radius 1 is 1.14 bits per heavy atom. The van der Waals surface area contributed by atoms with Crippen molar-refractivity contribution in [3.05, 3.63) is 47.8 Å². The molecule has 1 aromatic carbocycles. The van der Waals surface area contributed by atoms with Crippen molar-refractivity contribution in [2.75, 3.05) is 4.90 Å². The number of rotatable bonds is 3. The van der Waals surface area contributed by atoms with E-state index in [9.17, 15) is 4.79 Å². The third-order valence-electron chi connectivity index (χ3n) is 5.05. The Morgan fingerprint density at radius 2 is 1.90 bits per heavy atom. The number of fused-ring (bicyclic) bond motifs is 2.